The highest BCUT2D eigenvalue weighted by Crippen LogP contribution is 2.23. The van der Waals surface area contributed by atoms with Crippen molar-refractivity contribution in [1.82, 2.24) is 5.32 Å². The SMILES string of the molecule is CCC(NC(=O)c1ccc(O)c(Cl)c1)C(=O)O. The largest absolute Gasteiger partial charge is 0.506 e. The lowest BCUT2D eigenvalue weighted by molar-refractivity contribution is -0.139. The van der Waals surface area contributed by atoms with Gasteiger partial charge in [0, 0.05) is 5.56 Å². The first kappa shape index (κ1) is 13.3. The van der Waals surface area contributed by atoms with Gasteiger partial charge in [0.25, 0.3) is 5.91 Å². The first-order valence-electron chi connectivity index (χ1n) is 4.98. The van der Waals surface area contributed by atoms with Gasteiger partial charge in [0.2, 0.25) is 0 Å². The molecule has 0 heterocycles. The van der Waals surface area contributed by atoms with Gasteiger partial charge in [-0.3, -0.25) is 4.79 Å². The van der Waals surface area contributed by atoms with Crippen molar-refractivity contribution in [3.8, 4) is 5.75 Å². The van der Waals surface area contributed by atoms with Crippen LogP contribution in [-0.2, 0) is 4.79 Å². The third-order valence-electron chi connectivity index (χ3n) is 2.22. The van der Waals surface area contributed by atoms with E-state index in [-0.39, 0.29) is 22.8 Å². The van der Waals surface area contributed by atoms with Crippen molar-refractivity contribution in [3.05, 3.63) is 28.8 Å². The molecule has 0 radical (unpaired) electrons. The molecule has 0 aliphatic carbocycles. The highest BCUT2D eigenvalue weighted by atomic mass is 35.5. The lowest BCUT2D eigenvalue weighted by Gasteiger charge is -2.12. The second-order valence-electron chi connectivity index (χ2n) is 3.44. The van der Waals surface area contributed by atoms with Crippen LogP contribution in [0.4, 0.5) is 0 Å². The molecule has 1 aromatic rings. The monoisotopic (exact) mass is 257 g/mol. The van der Waals surface area contributed by atoms with Crippen LogP contribution in [-0.4, -0.2) is 28.1 Å². The van der Waals surface area contributed by atoms with Crippen molar-refractivity contribution >= 4 is 23.5 Å². The van der Waals surface area contributed by atoms with Crippen LogP contribution in [0.15, 0.2) is 18.2 Å². The van der Waals surface area contributed by atoms with Crippen molar-refractivity contribution in [1.29, 1.82) is 0 Å². The van der Waals surface area contributed by atoms with Gasteiger partial charge in [-0.25, -0.2) is 4.79 Å². The minimum Gasteiger partial charge on any atom is -0.506 e. The first-order valence-corrected chi connectivity index (χ1v) is 5.35. The summed E-state index contributed by atoms with van der Waals surface area (Å²) < 4.78 is 0. The number of benzene rings is 1. The summed E-state index contributed by atoms with van der Waals surface area (Å²) in [6, 6.07) is 2.99. The number of hydrogen-bond donors (Lipinski definition) is 3. The average molecular weight is 258 g/mol. The number of phenolic OH excluding ortho intramolecular Hbond substituents is 1. The summed E-state index contributed by atoms with van der Waals surface area (Å²) in [6.45, 7) is 1.66. The zero-order valence-corrected chi connectivity index (χ0v) is 9.86. The Labute approximate surface area is 103 Å². The minimum atomic E-state index is -1.09. The van der Waals surface area contributed by atoms with E-state index in [0.29, 0.717) is 0 Å². The maximum atomic E-state index is 11.7. The molecule has 0 aliphatic heterocycles. The molecular weight excluding hydrogens is 246 g/mol. The van der Waals surface area contributed by atoms with Crippen molar-refractivity contribution in [2.75, 3.05) is 0 Å². The minimum absolute atomic E-state index is 0.0426. The number of aliphatic carboxylic acids is 1. The molecule has 1 atom stereocenters. The molecule has 1 aromatic carbocycles. The molecule has 6 heteroatoms. The van der Waals surface area contributed by atoms with Gasteiger partial charge in [0.15, 0.2) is 0 Å². The van der Waals surface area contributed by atoms with Crippen LogP contribution in [0, 0.1) is 0 Å². The van der Waals surface area contributed by atoms with Gasteiger partial charge in [0.05, 0.1) is 5.02 Å². The van der Waals surface area contributed by atoms with Crippen LogP contribution < -0.4 is 5.32 Å². The Kier molecular flexibility index (Phi) is 4.34. The third-order valence-corrected chi connectivity index (χ3v) is 2.52. The van der Waals surface area contributed by atoms with Crippen LogP contribution in [0.2, 0.25) is 5.02 Å². The molecule has 0 bridgehead atoms. The predicted molar refractivity (Wildman–Crippen MR) is 62.3 cm³/mol. The number of hydrogen-bond acceptors (Lipinski definition) is 3. The van der Waals surface area contributed by atoms with Crippen LogP contribution in [0.3, 0.4) is 0 Å². The fourth-order valence-corrected chi connectivity index (χ4v) is 1.41. The molecule has 92 valence electrons. The van der Waals surface area contributed by atoms with Gasteiger partial charge in [-0.1, -0.05) is 18.5 Å². The molecule has 0 fully saturated rings. The van der Waals surface area contributed by atoms with Crippen LogP contribution >= 0.6 is 11.6 Å². The lowest BCUT2D eigenvalue weighted by atomic mass is 10.1. The van der Waals surface area contributed by atoms with E-state index < -0.39 is 17.9 Å². The number of aromatic hydroxyl groups is 1. The highest BCUT2D eigenvalue weighted by molar-refractivity contribution is 6.32. The van der Waals surface area contributed by atoms with Gasteiger partial charge in [0.1, 0.15) is 11.8 Å². The molecule has 1 unspecified atom stereocenters. The maximum Gasteiger partial charge on any atom is 0.326 e. The summed E-state index contributed by atoms with van der Waals surface area (Å²) in [6.07, 6.45) is 0.285. The molecule has 1 amide bonds. The Bertz CT molecular complexity index is 447. The Morgan fingerprint density at radius 2 is 2.12 bits per heavy atom. The number of carbonyl (C=O) groups excluding carboxylic acids is 1. The quantitative estimate of drug-likeness (QED) is 0.765. The number of carboxylic acid groups (broad SMARTS) is 1. The first-order chi connectivity index (χ1) is 7.95. The number of carboxylic acids is 1. The van der Waals surface area contributed by atoms with E-state index in [4.69, 9.17) is 16.7 Å². The summed E-state index contributed by atoms with van der Waals surface area (Å²) >= 11 is 5.64. The molecule has 0 saturated carbocycles. The van der Waals surface area contributed by atoms with E-state index in [9.17, 15) is 14.7 Å². The number of amides is 1. The van der Waals surface area contributed by atoms with Crippen molar-refractivity contribution in [3.63, 3.8) is 0 Å². The van der Waals surface area contributed by atoms with Crippen LogP contribution in [0.25, 0.3) is 0 Å². The molecule has 0 aromatic heterocycles. The summed E-state index contributed by atoms with van der Waals surface area (Å²) in [5, 5.41) is 20.4. The topological polar surface area (TPSA) is 86.6 Å². The highest BCUT2D eigenvalue weighted by Gasteiger charge is 2.18. The Morgan fingerprint density at radius 1 is 1.47 bits per heavy atom. The normalized spacial score (nSPS) is 11.9. The molecule has 0 saturated heterocycles. The Balaban J connectivity index is 2.82. The molecule has 1 rings (SSSR count). The second kappa shape index (κ2) is 5.54. The molecule has 5 nitrogen and oxygen atoms in total. The number of rotatable bonds is 4. The maximum absolute atomic E-state index is 11.7. The summed E-state index contributed by atoms with van der Waals surface area (Å²) in [4.78, 5) is 22.4. The van der Waals surface area contributed by atoms with E-state index in [2.05, 4.69) is 5.32 Å². The number of carbonyl (C=O) groups is 2. The fraction of sp³-hybridized carbons (Fsp3) is 0.273. The van der Waals surface area contributed by atoms with Crippen molar-refractivity contribution in [2.24, 2.45) is 0 Å². The number of halogens is 1. The number of phenols is 1. The Hall–Kier alpha value is -1.75. The van der Waals surface area contributed by atoms with E-state index in [1.165, 1.54) is 18.2 Å². The predicted octanol–water partition coefficient (Wildman–Crippen LogP) is 1.64. The van der Waals surface area contributed by atoms with Gasteiger partial charge in [-0.2, -0.15) is 0 Å². The molecule has 17 heavy (non-hydrogen) atoms. The van der Waals surface area contributed by atoms with Crippen molar-refractivity contribution in [2.45, 2.75) is 19.4 Å². The summed E-state index contributed by atoms with van der Waals surface area (Å²) in [7, 11) is 0. The van der Waals surface area contributed by atoms with E-state index in [0.717, 1.165) is 0 Å². The smallest absolute Gasteiger partial charge is 0.326 e. The average Bonchev–Trinajstić information content (AvgIpc) is 2.28. The molecular formula is C11H12ClNO4. The van der Waals surface area contributed by atoms with Gasteiger partial charge in [-0.15, -0.1) is 0 Å². The number of nitrogens with one attached hydrogen (secondary N) is 1. The van der Waals surface area contributed by atoms with E-state index in [1.807, 2.05) is 0 Å². The molecule has 0 aliphatic rings. The standard InChI is InChI=1S/C11H12ClNO4/c1-2-8(11(16)17)13-10(15)6-3-4-9(14)7(12)5-6/h3-5,8,14H,2H2,1H3,(H,13,15)(H,16,17). The molecule has 0 spiro atoms. The van der Waals surface area contributed by atoms with Gasteiger partial charge < -0.3 is 15.5 Å². The lowest BCUT2D eigenvalue weighted by Crippen LogP contribution is -2.40. The fourth-order valence-electron chi connectivity index (χ4n) is 1.23. The Morgan fingerprint density at radius 3 is 2.59 bits per heavy atom. The summed E-state index contributed by atoms with van der Waals surface area (Å²) in [5.74, 6) is -1.76. The van der Waals surface area contributed by atoms with Crippen LogP contribution in [0.5, 0.6) is 5.75 Å². The van der Waals surface area contributed by atoms with Gasteiger partial charge in [-0.05, 0) is 24.6 Å². The summed E-state index contributed by atoms with van der Waals surface area (Å²) in [5.41, 5.74) is 0.201. The second-order valence-corrected chi connectivity index (χ2v) is 3.85. The van der Waals surface area contributed by atoms with Gasteiger partial charge >= 0.3 is 5.97 Å². The third kappa shape index (κ3) is 3.35. The van der Waals surface area contributed by atoms with E-state index >= 15 is 0 Å². The van der Waals surface area contributed by atoms with Crippen molar-refractivity contribution < 1.29 is 19.8 Å². The van der Waals surface area contributed by atoms with E-state index in [1.54, 1.807) is 6.92 Å². The zero-order chi connectivity index (χ0) is 13.0. The zero-order valence-electron chi connectivity index (χ0n) is 9.11. The van der Waals surface area contributed by atoms with Crippen LogP contribution in [0.1, 0.15) is 23.7 Å². The molecule has 3 N–H and O–H groups in total.